The van der Waals surface area contributed by atoms with Crippen LogP contribution >= 0.6 is 11.3 Å². The predicted molar refractivity (Wildman–Crippen MR) is 85.5 cm³/mol. The van der Waals surface area contributed by atoms with Crippen LogP contribution in [0.1, 0.15) is 37.3 Å². The summed E-state index contributed by atoms with van der Waals surface area (Å²) in [4.78, 5) is 0.367. The van der Waals surface area contributed by atoms with Crippen molar-refractivity contribution >= 4 is 26.3 Å². The molecule has 1 heterocycles. The first-order valence-corrected chi connectivity index (χ1v) is 9.28. The molecule has 0 fully saturated rings. The molecular weight excluding hydrogens is 306 g/mol. The van der Waals surface area contributed by atoms with Crippen LogP contribution in [0.5, 0.6) is 0 Å². The summed E-state index contributed by atoms with van der Waals surface area (Å²) in [6.07, 6.45) is 0. The Kier molecular flexibility index (Phi) is 4.95. The van der Waals surface area contributed by atoms with Crippen molar-refractivity contribution in [3.63, 3.8) is 0 Å². The quantitative estimate of drug-likeness (QED) is 0.883. The van der Waals surface area contributed by atoms with Crippen LogP contribution in [0.25, 0.3) is 0 Å². The monoisotopic (exact) mass is 325 g/mol. The molecule has 0 aliphatic carbocycles. The first-order chi connectivity index (χ1) is 9.92. The summed E-state index contributed by atoms with van der Waals surface area (Å²) < 4.78 is 23.5. The second-order valence-corrected chi connectivity index (χ2v) is 8.29. The van der Waals surface area contributed by atoms with E-state index in [1.165, 1.54) is 0 Å². The molecule has 0 spiro atoms. The normalized spacial score (nSPS) is 11.8. The molecule has 7 heteroatoms. The molecule has 0 saturated heterocycles. The van der Waals surface area contributed by atoms with E-state index in [1.54, 1.807) is 30.4 Å². The van der Waals surface area contributed by atoms with Gasteiger partial charge in [0.25, 0.3) is 0 Å². The largest absolute Gasteiger partial charge is 0.356 e. The first-order valence-electron chi connectivity index (χ1n) is 6.81. The maximum Gasteiger partial charge on any atom is 0.205 e. The zero-order valence-electron chi connectivity index (χ0n) is 12.3. The van der Waals surface area contributed by atoms with E-state index >= 15 is 0 Å². The third-order valence-electron chi connectivity index (χ3n) is 3.04. The van der Waals surface area contributed by atoms with Crippen molar-refractivity contribution < 1.29 is 8.42 Å². The Balaban J connectivity index is 2.00. The lowest BCUT2D eigenvalue weighted by atomic mass is 10.2. The van der Waals surface area contributed by atoms with Gasteiger partial charge in [-0.2, -0.15) is 0 Å². The van der Waals surface area contributed by atoms with Crippen LogP contribution in [0, 0.1) is 0 Å². The smallest absolute Gasteiger partial charge is 0.205 e. The minimum Gasteiger partial charge on any atom is -0.356 e. The topological polar surface area (TPSA) is 72.0 Å². The molecule has 0 amide bonds. The number of hydrogen-bond acceptors (Lipinski definition) is 6. The van der Waals surface area contributed by atoms with Crippen molar-refractivity contribution in [2.24, 2.45) is 0 Å². The summed E-state index contributed by atoms with van der Waals surface area (Å²) in [5.41, 5.74) is 1.01. The SMILES string of the molecule is CCS(=O)(=O)c1ccc(CNc2nnc(C(C)C)s2)cc1. The highest BCUT2D eigenvalue weighted by atomic mass is 32.2. The third-order valence-corrected chi connectivity index (χ3v) is 5.97. The Bertz CT molecular complexity index is 691. The Morgan fingerprint density at radius 3 is 2.38 bits per heavy atom. The van der Waals surface area contributed by atoms with Gasteiger partial charge in [0.2, 0.25) is 5.13 Å². The zero-order valence-corrected chi connectivity index (χ0v) is 14.0. The van der Waals surface area contributed by atoms with Crippen LogP contribution in [0.15, 0.2) is 29.2 Å². The van der Waals surface area contributed by atoms with Crippen molar-refractivity contribution in [2.45, 2.75) is 38.1 Å². The Morgan fingerprint density at radius 1 is 1.19 bits per heavy atom. The fourth-order valence-corrected chi connectivity index (χ4v) is 3.32. The summed E-state index contributed by atoms with van der Waals surface area (Å²) in [6, 6.07) is 6.94. The molecule has 2 rings (SSSR count). The van der Waals surface area contributed by atoms with Gasteiger partial charge in [-0.05, 0) is 17.7 Å². The molecule has 1 aromatic carbocycles. The van der Waals surface area contributed by atoms with Crippen molar-refractivity contribution in [2.75, 3.05) is 11.1 Å². The van der Waals surface area contributed by atoms with E-state index < -0.39 is 9.84 Å². The molecule has 0 bridgehead atoms. The van der Waals surface area contributed by atoms with E-state index in [0.717, 1.165) is 15.7 Å². The van der Waals surface area contributed by atoms with Gasteiger partial charge in [-0.15, -0.1) is 10.2 Å². The van der Waals surface area contributed by atoms with Gasteiger partial charge in [0.15, 0.2) is 9.84 Å². The molecule has 0 unspecified atom stereocenters. The Hall–Kier alpha value is -1.47. The number of sulfone groups is 1. The van der Waals surface area contributed by atoms with Gasteiger partial charge < -0.3 is 5.32 Å². The van der Waals surface area contributed by atoms with Gasteiger partial charge in [0, 0.05) is 12.5 Å². The van der Waals surface area contributed by atoms with Crippen LogP contribution in [0.2, 0.25) is 0 Å². The molecule has 0 atom stereocenters. The van der Waals surface area contributed by atoms with Gasteiger partial charge >= 0.3 is 0 Å². The Labute approximate surface area is 129 Å². The molecule has 0 aliphatic rings. The van der Waals surface area contributed by atoms with Gasteiger partial charge in [-0.25, -0.2) is 8.42 Å². The molecule has 114 valence electrons. The average molecular weight is 325 g/mol. The van der Waals surface area contributed by atoms with Gasteiger partial charge in [-0.1, -0.05) is 44.2 Å². The van der Waals surface area contributed by atoms with Gasteiger partial charge in [0.1, 0.15) is 5.01 Å². The van der Waals surface area contributed by atoms with E-state index in [1.807, 2.05) is 12.1 Å². The zero-order chi connectivity index (χ0) is 15.5. The highest BCUT2D eigenvalue weighted by Gasteiger charge is 2.11. The summed E-state index contributed by atoms with van der Waals surface area (Å²) in [6.45, 7) is 6.40. The summed E-state index contributed by atoms with van der Waals surface area (Å²) in [5.74, 6) is 0.490. The van der Waals surface area contributed by atoms with Crippen molar-refractivity contribution in [3.8, 4) is 0 Å². The molecule has 0 radical (unpaired) electrons. The molecule has 21 heavy (non-hydrogen) atoms. The van der Waals surface area contributed by atoms with Crippen molar-refractivity contribution in [3.05, 3.63) is 34.8 Å². The summed E-state index contributed by atoms with van der Waals surface area (Å²) in [7, 11) is -3.13. The third kappa shape index (κ3) is 4.01. The molecule has 1 aromatic heterocycles. The number of aromatic nitrogens is 2. The van der Waals surface area contributed by atoms with Crippen LogP contribution in [-0.4, -0.2) is 24.4 Å². The maximum atomic E-state index is 11.7. The van der Waals surface area contributed by atoms with E-state index in [2.05, 4.69) is 29.4 Å². The van der Waals surface area contributed by atoms with Gasteiger partial charge in [-0.3, -0.25) is 0 Å². The van der Waals surface area contributed by atoms with E-state index in [4.69, 9.17) is 0 Å². The molecule has 0 saturated carbocycles. The average Bonchev–Trinajstić information content (AvgIpc) is 2.95. The Morgan fingerprint density at radius 2 is 1.86 bits per heavy atom. The fraction of sp³-hybridized carbons (Fsp3) is 0.429. The van der Waals surface area contributed by atoms with E-state index in [-0.39, 0.29) is 5.75 Å². The molecule has 2 aromatic rings. The molecular formula is C14H19N3O2S2. The summed E-state index contributed by atoms with van der Waals surface area (Å²) in [5, 5.41) is 13.2. The molecule has 5 nitrogen and oxygen atoms in total. The molecule has 1 N–H and O–H groups in total. The number of rotatable bonds is 6. The number of anilines is 1. The van der Waals surface area contributed by atoms with E-state index in [9.17, 15) is 8.42 Å². The lowest BCUT2D eigenvalue weighted by Crippen LogP contribution is -2.04. The maximum absolute atomic E-state index is 11.7. The lowest BCUT2D eigenvalue weighted by Gasteiger charge is -2.05. The number of nitrogens with zero attached hydrogens (tertiary/aromatic N) is 2. The highest BCUT2D eigenvalue weighted by molar-refractivity contribution is 7.91. The standard InChI is InChI=1S/C14H19N3O2S2/c1-4-21(18,19)12-7-5-11(6-8-12)9-15-14-17-16-13(20-14)10(2)3/h5-8,10H,4,9H2,1-3H3,(H,15,17). The first kappa shape index (κ1) is 15.9. The van der Waals surface area contributed by atoms with Crippen LogP contribution in [0.4, 0.5) is 5.13 Å². The van der Waals surface area contributed by atoms with Crippen LogP contribution < -0.4 is 5.32 Å². The highest BCUT2D eigenvalue weighted by Crippen LogP contribution is 2.23. The minimum atomic E-state index is -3.13. The van der Waals surface area contributed by atoms with Crippen molar-refractivity contribution in [1.82, 2.24) is 10.2 Å². The van der Waals surface area contributed by atoms with E-state index in [0.29, 0.717) is 17.4 Å². The summed E-state index contributed by atoms with van der Waals surface area (Å²) >= 11 is 1.54. The second kappa shape index (κ2) is 6.53. The molecule has 0 aliphatic heterocycles. The lowest BCUT2D eigenvalue weighted by molar-refractivity contribution is 0.597. The minimum absolute atomic E-state index is 0.118. The van der Waals surface area contributed by atoms with Crippen LogP contribution in [-0.2, 0) is 16.4 Å². The van der Waals surface area contributed by atoms with Crippen LogP contribution in [0.3, 0.4) is 0 Å². The number of hydrogen-bond donors (Lipinski definition) is 1. The predicted octanol–water partition coefficient (Wildman–Crippen LogP) is 3.07. The van der Waals surface area contributed by atoms with Crippen molar-refractivity contribution in [1.29, 1.82) is 0 Å². The fourth-order valence-electron chi connectivity index (χ4n) is 1.70. The second-order valence-electron chi connectivity index (χ2n) is 5.00. The number of nitrogens with one attached hydrogen (secondary N) is 1. The van der Waals surface area contributed by atoms with Gasteiger partial charge in [0.05, 0.1) is 10.6 Å². The number of benzene rings is 1.